The van der Waals surface area contributed by atoms with E-state index >= 15 is 0 Å². The third-order valence-corrected chi connectivity index (χ3v) is 7.49. The number of likely N-dealkylation sites (tertiary alicyclic amines) is 3. The Kier molecular flexibility index (Phi) is 8.83. The molecule has 30 heavy (non-hydrogen) atoms. The van der Waals surface area contributed by atoms with Gasteiger partial charge in [-0.2, -0.15) is 0 Å². The second-order valence-electron chi connectivity index (χ2n) is 9.32. The molecule has 0 aromatic heterocycles. The molecule has 0 radical (unpaired) electrons. The molecule has 3 aliphatic heterocycles. The Morgan fingerprint density at radius 1 is 1.03 bits per heavy atom. The Morgan fingerprint density at radius 3 is 2.40 bits per heavy atom. The van der Waals surface area contributed by atoms with Crippen LogP contribution < -0.4 is 5.32 Å². The highest BCUT2D eigenvalue weighted by Crippen LogP contribution is 2.31. The normalized spacial score (nSPS) is 25.7. The summed E-state index contributed by atoms with van der Waals surface area (Å²) in [6, 6.07) is 11.0. The van der Waals surface area contributed by atoms with Gasteiger partial charge in [0, 0.05) is 38.1 Å². The van der Waals surface area contributed by atoms with E-state index < -0.39 is 0 Å². The minimum atomic E-state index is 0. The van der Waals surface area contributed by atoms with Crippen molar-refractivity contribution in [3.63, 3.8) is 0 Å². The smallest absolute Gasteiger partial charge is 0.193 e. The second-order valence-corrected chi connectivity index (χ2v) is 9.32. The first-order chi connectivity index (χ1) is 14.2. The molecule has 0 amide bonds. The molecule has 0 bridgehead atoms. The number of nitrogens with one attached hydrogen (secondary N) is 1. The monoisotopic (exact) mass is 525 g/mol. The summed E-state index contributed by atoms with van der Waals surface area (Å²) < 4.78 is 0. The number of nitrogens with zero attached hydrogens (tertiary/aromatic N) is 4. The zero-order chi connectivity index (χ0) is 20.1. The first kappa shape index (κ1) is 23.8. The van der Waals surface area contributed by atoms with Gasteiger partial charge in [0.2, 0.25) is 0 Å². The van der Waals surface area contributed by atoms with E-state index in [1.807, 2.05) is 7.05 Å². The summed E-state index contributed by atoms with van der Waals surface area (Å²) >= 11 is 0. The van der Waals surface area contributed by atoms with Gasteiger partial charge >= 0.3 is 0 Å². The van der Waals surface area contributed by atoms with Crippen LogP contribution in [0.5, 0.6) is 0 Å². The van der Waals surface area contributed by atoms with Crippen LogP contribution in [0.1, 0.15) is 50.0 Å². The van der Waals surface area contributed by atoms with E-state index in [0.717, 1.165) is 25.6 Å². The fraction of sp³-hybridized carbons (Fsp3) is 0.708. The zero-order valence-electron chi connectivity index (χ0n) is 18.9. The molecule has 0 saturated carbocycles. The van der Waals surface area contributed by atoms with Gasteiger partial charge in [0.15, 0.2) is 5.96 Å². The van der Waals surface area contributed by atoms with E-state index in [-0.39, 0.29) is 24.0 Å². The van der Waals surface area contributed by atoms with Gasteiger partial charge in [0.1, 0.15) is 0 Å². The van der Waals surface area contributed by atoms with Crippen molar-refractivity contribution in [2.75, 3.05) is 59.9 Å². The first-order valence-electron chi connectivity index (χ1n) is 11.6. The summed E-state index contributed by atoms with van der Waals surface area (Å²) in [5, 5.41) is 3.82. The predicted octanol–water partition coefficient (Wildman–Crippen LogP) is 3.62. The van der Waals surface area contributed by atoms with E-state index in [0.29, 0.717) is 11.5 Å². The highest BCUT2D eigenvalue weighted by molar-refractivity contribution is 14.0. The molecule has 1 unspecified atom stereocenters. The quantitative estimate of drug-likeness (QED) is 0.370. The van der Waals surface area contributed by atoms with Crippen LogP contribution in [-0.2, 0) is 0 Å². The topological polar surface area (TPSA) is 34.1 Å². The molecule has 3 aliphatic rings. The molecular weight excluding hydrogens is 485 g/mol. The summed E-state index contributed by atoms with van der Waals surface area (Å²) in [7, 11) is 4.21. The van der Waals surface area contributed by atoms with Crippen LogP contribution in [0.3, 0.4) is 0 Å². The van der Waals surface area contributed by atoms with Crippen molar-refractivity contribution in [1.82, 2.24) is 20.0 Å². The van der Waals surface area contributed by atoms with Gasteiger partial charge in [-0.15, -0.1) is 24.0 Å². The molecular formula is C24H40IN5. The number of rotatable bonds is 4. The van der Waals surface area contributed by atoms with Gasteiger partial charge < -0.3 is 15.1 Å². The van der Waals surface area contributed by atoms with Gasteiger partial charge in [0.25, 0.3) is 0 Å². The fourth-order valence-electron chi connectivity index (χ4n) is 5.53. The van der Waals surface area contributed by atoms with Crippen molar-refractivity contribution < 1.29 is 0 Å². The Hall–Kier alpha value is -0.860. The van der Waals surface area contributed by atoms with Crippen LogP contribution in [0, 0.1) is 0 Å². The molecule has 1 N–H and O–H groups in total. The van der Waals surface area contributed by atoms with Crippen molar-refractivity contribution in [3.8, 4) is 0 Å². The minimum absolute atomic E-state index is 0. The lowest BCUT2D eigenvalue weighted by molar-refractivity contribution is 0.0170. The molecule has 5 nitrogen and oxygen atoms in total. The van der Waals surface area contributed by atoms with E-state index in [2.05, 4.69) is 62.4 Å². The highest BCUT2D eigenvalue weighted by Gasteiger charge is 2.40. The Morgan fingerprint density at radius 2 is 1.73 bits per heavy atom. The summed E-state index contributed by atoms with van der Waals surface area (Å²) in [5.74, 6) is 1.72. The van der Waals surface area contributed by atoms with Crippen molar-refractivity contribution in [3.05, 3.63) is 35.9 Å². The molecule has 168 valence electrons. The summed E-state index contributed by atoms with van der Waals surface area (Å²) in [5.41, 5.74) is 1.76. The molecule has 3 fully saturated rings. The van der Waals surface area contributed by atoms with Crippen LogP contribution in [0.25, 0.3) is 0 Å². The maximum absolute atomic E-state index is 4.68. The van der Waals surface area contributed by atoms with Crippen molar-refractivity contribution >= 4 is 29.9 Å². The van der Waals surface area contributed by atoms with E-state index in [1.54, 1.807) is 0 Å². The highest BCUT2D eigenvalue weighted by atomic mass is 127. The maximum Gasteiger partial charge on any atom is 0.193 e. The number of hydrogen-bond donors (Lipinski definition) is 1. The molecule has 6 heteroatoms. The third kappa shape index (κ3) is 5.49. The molecule has 1 atom stereocenters. The lowest BCUT2D eigenvalue weighted by atomic mass is 9.84. The number of halogens is 1. The summed E-state index contributed by atoms with van der Waals surface area (Å²) in [6.45, 7) is 8.14. The van der Waals surface area contributed by atoms with Gasteiger partial charge in [-0.1, -0.05) is 36.8 Å². The number of aliphatic imine (C=N–C) groups is 1. The largest absolute Gasteiger partial charge is 0.354 e. The zero-order valence-corrected chi connectivity index (χ0v) is 21.2. The third-order valence-electron chi connectivity index (χ3n) is 7.49. The molecule has 3 saturated heterocycles. The standard InChI is InChI=1S/C24H39N5.HI/c1-25-23(28-16-11-22(19-28)21-9-5-3-6-10-21)26-20-24(12-17-27(2)18-13-24)29-14-7-4-8-15-29;/h3,5-6,9-10,22H,4,7-8,11-20H2,1-2H3,(H,25,26);1H. The summed E-state index contributed by atoms with van der Waals surface area (Å²) in [6.07, 6.45) is 7.86. The van der Waals surface area contributed by atoms with Crippen LogP contribution in [0.4, 0.5) is 0 Å². The SMILES string of the molecule is CN=C(NCC1(N2CCCCC2)CCN(C)CC1)N1CCC(c2ccccc2)C1.I. The fourth-order valence-corrected chi connectivity index (χ4v) is 5.53. The maximum atomic E-state index is 4.68. The number of piperidine rings is 2. The van der Waals surface area contributed by atoms with E-state index in [4.69, 9.17) is 0 Å². The summed E-state index contributed by atoms with van der Waals surface area (Å²) in [4.78, 5) is 12.4. The molecule has 0 spiro atoms. The molecule has 1 aromatic carbocycles. The molecule has 4 rings (SSSR count). The Balaban J connectivity index is 0.00000256. The number of guanidine groups is 1. The first-order valence-corrected chi connectivity index (χ1v) is 11.6. The molecule has 1 aromatic rings. The van der Waals surface area contributed by atoms with Gasteiger partial charge in [-0.25, -0.2) is 0 Å². The second kappa shape index (κ2) is 11.1. The Bertz CT molecular complexity index is 665. The van der Waals surface area contributed by atoms with Crippen molar-refractivity contribution in [1.29, 1.82) is 0 Å². The van der Waals surface area contributed by atoms with Gasteiger partial charge in [-0.3, -0.25) is 9.89 Å². The van der Waals surface area contributed by atoms with Crippen LogP contribution in [-0.4, -0.2) is 86.1 Å². The minimum Gasteiger partial charge on any atom is -0.354 e. The van der Waals surface area contributed by atoms with Gasteiger partial charge in [-0.05, 0) is 70.9 Å². The average Bonchev–Trinajstić information content (AvgIpc) is 3.27. The molecule has 0 aliphatic carbocycles. The lowest BCUT2D eigenvalue weighted by Crippen LogP contribution is -2.62. The van der Waals surface area contributed by atoms with Crippen molar-refractivity contribution in [2.45, 2.75) is 50.0 Å². The van der Waals surface area contributed by atoms with Crippen LogP contribution >= 0.6 is 24.0 Å². The lowest BCUT2D eigenvalue weighted by Gasteiger charge is -2.50. The number of benzene rings is 1. The predicted molar refractivity (Wildman–Crippen MR) is 137 cm³/mol. The van der Waals surface area contributed by atoms with Crippen LogP contribution in [0.15, 0.2) is 35.3 Å². The number of hydrogen-bond acceptors (Lipinski definition) is 3. The van der Waals surface area contributed by atoms with E-state index in [9.17, 15) is 0 Å². The van der Waals surface area contributed by atoms with E-state index in [1.165, 1.54) is 70.3 Å². The van der Waals surface area contributed by atoms with Crippen molar-refractivity contribution in [2.24, 2.45) is 4.99 Å². The average molecular weight is 526 g/mol. The molecule has 3 heterocycles. The van der Waals surface area contributed by atoms with Crippen LogP contribution in [0.2, 0.25) is 0 Å². The Labute approximate surface area is 200 Å². The van der Waals surface area contributed by atoms with Gasteiger partial charge in [0.05, 0.1) is 0 Å².